The molecule has 0 N–H and O–H groups in total. The van der Waals surface area contributed by atoms with E-state index >= 15 is 0 Å². The van der Waals surface area contributed by atoms with E-state index in [0.717, 1.165) is 32.2 Å². The zero-order valence-corrected chi connectivity index (χ0v) is 35.0. The molecule has 1 aliphatic carbocycles. The molecule has 4 aromatic carbocycles. The summed E-state index contributed by atoms with van der Waals surface area (Å²) >= 11 is 7.17. The van der Waals surface area contributed by atoms with Crippen LogP contribution in [0, 0.1) is 0 Å². The number of hydrogen-bond acceptors (Lipinski definition) is 3. The third kappa shape index (κ3) is 7.32. The highest BCUT2D eigenvalue weighted by Crippen LogP contribution is 2.51. The molecule has 0 aromatic heterocycles. The van der Waals surface area contributed by atoms with E-state index in [1.54, 1.807) is 12.2 Å². The van der Waals surface area contributed by atoms with Crippen molar-refractivity contribution in [2.45, 2.75) is 63.7 Å². The highest BCUT2D eigenvalue weighted by atomic mass is 79.9. The average molecular weight is 914 g/mol. The van der Waals surface area contributed by atoms with E-state index in [1.165, 1.54) is 31.4 Å². The van der Waals surface area contributed by atoms with Gasteiger partial charge in [-0.25, -0.2) is 0 Å². The molecule has 4 aromatic rings. The summed E-state index contributed by atoms with van der Waals surface area (Å²) in [5, 5.41) is 0. The number of halogens is 8. The Bertz CT molecular complexity index is 2440. The Kier molecular flexibility index (Phi) is 10.5. The summed E-state index contributed by atoms with van der Waals surface area (Å²) in [5.41, 5.74) is 2.82. The first-order chi connectivity index (χ1) is 26.7. The molecule has 0 saturated heterocycles. The molecule has 0 unspecified atom stereocenters. The summed E-state index contributed by atoms with van der Waals surface area (Å²) < 4.78 is 93.7. The molecule has 0 amide bonds. The van der Waals surface area contributed by atoms with Crippen LogP contribution < -0.4 is 4.90 Å². The normalized spacial score (nSPS) is 18.8. The van der Waals surface area contributed by atoms with Crippen molar-refractivity contribution in [1.29, 1.82) is 0 Å². The highest BCUT2D eigenvalue weighted by Gasteiger charge is 2.49. The fourth-order valence-electron chi connectivity index (χ4n) is 8.18. The van der Waals surface area contributed by atoms with E-state index in [0.29, 0.717) is 65.6 Å². The molecule has 0 fully saturated rings. The second-order valence-corrected chi connectivity index (χ2v) is 17.2. The summed E-state index contributed by atoms with van der Waals surface area (Å²) in [5.74, 6) is -0.0455. The number of benzene rings is 4. The molecule has 3 aliphatic rings. The van der Waals surface area contributed by atoms with Gasteiger partial charge in [0, 0.05) is 56.4 Å². The van der Waals surface area contributed by atoms with Gasteiger partial charge in [0.2, 0.25) is 11.5 Å². The maximum absolute atomic E-state index is 14.3. The van der Waals surface area contributed by atoms with Crippen LogP contribution in [0.1, 0.15) is 61.1 Å². The quantitative estimate of drug-likeness (QED) is 0.0953. The summed E-state index contributed by atoms with van der Waals surface area (Å²) in [6, 6.07) is 22.8. The predicted molar refractivity (Wildman–Crippen MR) is 217 cm³/mol. The largest absolute Gasteiger partial charge is 0.495 e. The Morgan fingerprint density at radius 3 is 1.88 bits per heavy atom. The SMILES string of the molecule is COC1=C(/C=C2\N(CCc3ccccc3Br)c3cc(C(F)(F)F)ccc3C2(C)C)C(=O)/C1=C/C1=[N+](CCc2ccccc2Br)c2cc(C(F)(F)F)ccc2C1(C)C. The average Bonchev–Trinajstić information content (AvgIpc) is 3.49. The van der Waals surface area contributed by atoms with Gasteiger partial charge in [-0.2, -0.15) is 30.9 Å². The van der Waals surface area contributed by atoms with E-state index in [2.05, 4.69) is 31.9 Å². The van der Waals surface area contributed by atoms with E-state index < -0.39 is 34.3 Å². The lowest BCUT2D eigenvalue weighted by atomic mass is 9.77. The van der Waals surface area contributed by atoms with Crippen molar-refractivity contribution in [1.82, 2.24) is 0 Å². The zero-order chi connectivity index (χ0) is 41.2. The van der Waals surface area contributed by atoms with Gasteiger partial charge in [-0.15, -0.1) is 0 Å². The first-order valence-electron chi connectivity index (χ1n) is 18.3. The van der Waals surface area contributed by atoms with Gasteiger partial charge < -0.3 is 9.64 Å². The van der Waals surface area contributed by atoms with Crippen molar-refractivity contribution < 1.29 is 40.4 Å². The molecule has 0 atom stereocenters. The maximum atomic E-state index is 14.3. The fraction of sp³-hybridized carbons (Fsp3) is 0.289. The number of ether oxygens (including phenoxy) is 1. The van der Waals surface area contributed by atoms with Crippen molar-refractivity contribution in [2.24, 2.45) is 0 Å². The van der Waals surface area contributed by atoms with Crippen LogP contribution in [0.4, 0.5) is 37.7 Å². The number of Topliss-reactive ketones (excluding diaryl/α,β-unsaturated/α-hetero) is 1. The van der Waals surface area contributed by atoms with Gasteiger partial charge in [-0.3, -0.25) is 4.79 Å². The van der Waals surface area contributed by atoms with Crippen LogP contribution in [0.5, 0.6) is 0 Å². The van der Waals surface area contributed by atoms with Crippen LogP contribution in [0.3, 0.4) is 0 Å². The lowest BCUT2D eigenvalue weighted by Crippen LogP contribution is -2.33. The van der Waals surface area contributed by atoms with Gasteiger partial charge >= 0.3 is 12.4 Å². The molecule has 4 nitrogen and oxygen atoms in total. The monoisotopic (exact) mass is 911 g/mol. The minimum Gasteiger partial charge on any atom is -0.495 e. The molecule has 7 rings (SSSR count). The van der Waals surface area contributed by atoms with Crippen molar-refractivity contribution in [2.75, 3.05) is 25.1 Å². The van der Waals surface area contributed by atoms with Crippen LogP contribution in [0.25, 0.3) is 0 Å². The van der Waals surface area contributed by atoms with Crippen LogP contribution in [0.15, 0.2) is 129 Å². The Morgan fingerprint density at radius 1 is 0.737 bits per heavy atom. The molecular weight excluding hydrogens is 874 g/mol. The van der Waals surface area contributed by atoms with Crippen molar-refractivity contribution in [3.05, 3.63) is 162 Å². The third-order valence-electron chi connectivity index (χ3n) is 11.3. The van der Waals surface area contributed by atoms with Gasteiger partial charge in [0.25, 0.3) is 0 Å². The summed E-state index contributed by atoms with van der Waals surface area (Å²) in [7, 11) is 1.45. The third-order valence-corrected chi connectivity index (χ3v) is 12.9. The molecule has 0 spiro atoms. The maximum Gasteiger partial charge on any atom is 0.416 e. The Labute approximate surface area is 344 Å². The number of fused-ring (bicyclic) bond motifs is 2. The van der Waals surface area contributed by atoms with Gasteiger partial charge in [0.05, 0.1) is 34.8 Å². The van der Waals surface area contributed by atoms with Crippen molar-refractivity contribution in [3.8, 4) is 0 Å². The molecule has 0 bridgehead atoms. The van der Waals surface area contributed by atoms with E-state index in [9.17, 15) is 31.1 Å². The van der Waals surface area contributed by atoms with Crippen molar-refractivity contribution >= 4 is 54.7 Å². The van der Waals surface area contributed by atoms with Gasteiger partial charge in [-0.1, -0.05) is 94.2 Å². The van der Waals surface area contributed by atoms with Crippen LogP contribution in [-0.2, 0) is 45.6 Å². The molecule has 296 valence electrons. The molecule has 0 saturated carbocycles. The lowest BCUT2D eigenvalue weighted by Gasteiger charge is -2.30. The smallest absolute Gasteiger partial charge is 0.416 e. The topological polar surface area (TPSA) is 32.5 Å². The number of methoxy groups -OCH3 is 1. The molecular formula is C45H39Br2F6N2O2+. The Hall–Kier alpha value is -4.42. The lowest BCUT2D eigenvalue weighted by molar-refractivity contribution is -0.437. The molecule has 0 radical (unpaired) electrons. The number of carbonyl (C=O) groups excluding carboxylic acids is 1. The predicted octanol–water partition coefficient (Wildman–Crippen LogP) is 12.2. The van der Waals surface area contributed by atoms with Gasteiger partial charge in [0.1, 0.15) is 5.76 Å². The summed E-state index contributed by atoms with van der Waals surface area (Å²) in [4.78, 5) is 16.1. The molecule has 57 heavy (non-hydrogen) atoms. The number of anilines is 1. The Morgan fingerprint density at radius 2 is 1.30 bits per heavy atom. The minimum atomic E-state index is -4.56. The summed E-state index contributed by atoms with van der Waals surface area (Å²) in [6.07, 6.45) is -4.68. The van der Waals surface area contributed by atoms with Gasteiger partial charge in [0.15, 0.2) is 12.3 Å². The number of hydrogen-bond donors (Lipinski definition) is 0. The summed E-state index contributed by atoms with van der Waals surface area (Å²) in [6.45, 7) is 8.33. The Balaban J connectivity index is 1.34. The van der Waals surface area contributed by atoms with Crippen molar-refractivity contribution in [3.63, 3.8) is 0 Å². The van der Waals surface area contributed by atoms with Crippen LogP contribution in [0.2, 0.25) is 0 Å². The first-order valence-corrected chi connectivity index (χ1v) is 19.9. The molecule has 2 aliphatic heterocycles. The zero-order valence-electron chi connectivity index (χ0n) is 31.8. The second-order valence-electron chi connectivity index (χ2n) is 15.4. The molecule has 2 heterocycles. The second kappa shape index (κ2) is 14.8. The fourth-order valence-corrected chi connectivity index (χ4v) is 9.15. The van der Waals surface area contributed by atoms with Crippen LogP contribution >= 0.6 is 31.9 Å². The van der Waals surface area contributed by atoms with E-state index in [-0.39, 0.29) is 16.9 Å². The van der Waals surface area contributed by atoms with Crippen LogP contribution in [-0.4, -0.2) is 36.3 Å². The highest BCUT2D eigenvalue weighted by molar-refractivity contribution is 9.10. The minimum absolute atomic E-state index is 0.259. The first kappa shape index (κ1) is 40.8. The van der Waals surface area contributed by atoms with Gasteiger partial charge in [-0.05, 0) is 73.4 Å². The van der Waals surface area contributed by atoms with E-state index in [1.807, 2.05) is 85.7 Å². The number of nitrogens with zero attached hydrogens (tertiary/aromatic N) is 2. The number of alkyl halides is 6. The number of carbonyl (C=O) groups is 1. The number of rotatable bonds is 9. The number of allylic oxidation sites excluding steroid dienone is 5. The molecule has 12 heteroatoms. The number of ketones is 1. The van der Waals surface area contributed by atoms with E-state index in [4.69, 9.17) is 4.74 Å². The standard InChI is InChI=1S/C45H39Br2F6N2O2/c1-42(2)32-16-14-28(44(48,49)50)22-36(32)54(20-18-26-10-6-8-12-34(26)46)38(42)24-30-40(56)31(41(30)57-5)25-39-43(3,4)33-17-15-29(45(51,52)53)23-37(33)55(39)21-19-27-11-7-9-13-35(27)47/h6-17,22-25H,18-21H2,1-5H3/q+1.